The molecule has 0 aromatic heterocycles. The van der Waals surface area contributed by atoms with Crippen LogP contribution in [-0.2, 0) is 30.9 Å². The highest BCUT2D eigenvalue weighted by atomic mass is 32.2. The van der Waals surface area contributed by atoms with E-state index < -0.39 is 27.8 Å². The molecule has 0 unspecified atom stereocenters. The Bertz CT molecular complexity index is 1340. The van der Waals surface area contributed by atoms with Crippen molar-refractivity contribution in [2.24, 2.45) is 0 Å². The Morgan fingerprint density at radius 2 is 1.65 bits per heavy atom. The lowest BCUT2D eigenvalue weighted by atomic mass is 10.1. The number of nitrogens with one attached hydrogen (secondary N) is 2. The summed E-state index contributed by atoms with van der Waals surface area (Å²) in [4.78, 5) is 27.4. The molecule has 40 heavy (non-hydrogen) atoms. The first-order chi connectivity index (χ1) is 19.2. The van der Waals surface area contributed by atoms with Crippen molar-refractivity contribution in [3.8, 4) is 5.75 Å². The number of halogens is 1. The molecule has 0 aliphatic heterocycles. The normalized spacial score (nSPS) is 11.9. The van der Waals surface area contributed by atoms with E-state index in [0.29, 0.717) is 26.2 Å². The van der Waals surface area contributed by atoms with Crippen LogP contribution in [0.25, 0.3) is 0 Å². The van der Waals surface area contributed by atoms with Gasteiger partial charge in [0, 0.05) is 32.0 Å². The molecule has 2 amide bonds. The Labute approximate surface area is 234 Å². The fourth-order valence-electron chi connectivity index (χ4n) is 3.72. The number of ether oxygens (including phenoxy) is 2. The van der Waals surface area contributed by atoms with Gasteiger partial charge < -0.3 is 19.7 Å². The highest BCUT2D eigenvalue weighted by Gasteiger charge is 2.26. The topological polar surface area (TPSA) is 114 Å². The Hall–Kier alpha value is -3.96. The van der Waals surface area contributed by atoms with Crippen LogP contribution < -0.4 is 14.8 Å². The average Bonchev–Trinajstić information content (AvgIpc) is 2.96. The van der Waals surface area contributed by atoms with E-state index in [4.69, 9.17) is 9.47 Å². The maximum absolute atomic E-state index is 13.2. The zero-order valence-electron chi connectivity index (χ0n) is 22.5. The number of hydrogen-bond donors (Lipinski definition) is 2. The number of sulfonamides is 1. The van der Waals surface area contributed by atoms with Crippen LogP contribution in [0.5, 0.6) is 5.75 Å². The van der Waals surface area contributed by atoms with Gasteiger partial charge in [0.1, 0.15) is 17.6 Å². The molecule has 0 fully saturated rings. The van der Waals surface area contributed by atoms with E-state index >= 15 is 0 Å². The summed E-state index contributed by atoms with van der Waals surface area (Å²) >= 11 is 0. The molecule has 0 aliphatic carbocycles. The molecular weight excluding hydrogens is 537 g/mol. The lowest BCUT2D eigenvalue weighted by Crippen LogP contribution is -2.49. The average molecular weight is 572 g/mol. The van der Waals surface area contributed by atoms with Crippen LogP contribution in [0.15, 0.2) is 83.8 Å². The second-order valence-corrected chi connectivity index (χ2v) is 10.6. The van der Waals surface area contributed by atoms with Crippen molar-refractivity contribution < 1.29 is 31.9 Å². The third-order valence-electron chi connectivity index (χ3n) is 5.92. The van der Waals surface area contributed by atoms with Crippen LogP contribution in [0.2, 0.25) is 0 Å². The van der Waals surface area contributed by atoms with Gasteiger partial charge in [-0.1, -0.05) is 30.3 Å². The van der Waals surface area contributed by atoms with Gasteiger partial charge in [0.05, 0.1) is 4.90 Å². The zero-order valence-corrected chi connectivity index (χ0v) is 23.3. The second kappa shape index (κ2) is 15.0. The minimum atomic E-state index is -3.91. The van der Waals surface area contributed by atoms with Crippen LogP contribution in [0.3, 0.4) is 0 Å². The van der Waals surface area contributed by atoms with E-state index in [1.807, 2.05) is 37.3 Å². The number of benzene rings is 3. The van der Waals surface area contributed by atoms with Crippen molar-refractivity contribution in [3.63, 3.8) is 0 Å². The van der Waals surface area contributed by atoms with Gasteiger partial charge in [-0.15, -0.1) is 0 Å². The summed E-state index contributed by atoms with van der Waals surface area (Å²) in [6.07, 6.45) is 0.660. The van der Waals surface area contributed by atoms with Crippen LogP contribution in [0.1, 0.15) is 25.8 Å². The van der Waals surface area contributed by atoms with Gasteiger partial charge in [-0.25, -0.2) is 12.8 Å². The maximum Gasteiger partial charge on any atom is 0.261 e. The van der Waals surface area contributed by atoms with Crippen molar-refractivity contribution in [1.82, 2.24) is 10.2 Å². The molecule has 1 atom stereocenters. The first kappa shape index (κ1) is 30.6. The second-order valence-electron chi connectivity index (χ2n) is 8.90. The first-order valence-corrected chi connectivity index (χ1v) is 14.4. The molecule has 0 heterocycles. The fourth-order valence-corrected chi connectivity index (χ4v) is 4.77. The molecule has 3 aromatic carbocycles. The van der Waals surface area contributed by atoms with Crippen molar-refractivity contribution in [3.05, 3.63) is 90.2 Å². The van der Waals surface area contributed by atoms with Crippen LogP contribution >= 0.6 is 0 Å². The molecule has 0 aliphatic rings. The Balaban J connectivity index is 1.63. The smallest absolute Gasteiger partial charge is 0.261 e. The summed E-state index contributed by atoms with van der Waals surface area (Å²) in [5, 5.41) is 2.84. The standard InChI is InChI=1S/C29H34FN3O6S/c1-3-38-19-7-18-31-29(35)22(2)33(20-23-8-5-4-6-9-23)28(34)21-39-26-14-16-27(17-15-26)40(36,37)32-25-12-10-24(30)11-13-25/h4-6,8-17,22,32H,3,7,18-21H2,1-2H3,(H,31,35)/t22-/m0/s1. The molecule has 0 spiro atoms. The number of carbonyl (C=O) groups excluding carboxylic acids is 2. The quantitative estimate of drug-likeness (QED) is 0.267. The lowest BCUT2D eigenvalue weighted by Gasteiger charge is -2.28. The summed E-state index contributed by atoms with van der Waals surface area (Å²) in [5.41, 5.74) is 1.08. The van der Waals surface area contributed by atoms with E-state index in [1.165, 1.54) is 41.3 Å². The number of rotatable bonds is 15. The molecule has 9 nitrogen and oxygen atoms in total. The third-order valence-corrected chi connectivity index (χ3v) is 7.32. The number of anilines is 1. The molecule has 214 valence electrons. The SMILES string of the molecule is CCOCCCNC(=O)[C@H](C)N(Cc1ccccc1)C(=O)COc1ccc(S(=O)(=O)Nc2ccc(F)cc2)cc1. The largest absolute Gasteiger partial charge is 0.484 e. The molecule has 2 N–H and O–H groups in total. The molecule has 0 saturated heterocycles. The first-order valence-electron chi connectivity index (χ1n) is 12.9. The monoisotopic (exact) mass is 571 g/mol. The molecule has 0 radical (unpaired) electrons. The Morgan fingerprint density at radius 1 is 0.975 bits per heavy atom. The highest BCUT2D eigenvalue weighted by Crippen LogP contribution is 2.20. The van der Waals surface area contributed by atoms with Gasteiger partial charge >= 0.3 is 0 Å². The summed E-state index contributed by atoms with van der Waals surface area (Å²) < 4.78 is 51.7. The Kier molecular flexibility index (Phi) is 11.5. The molecule has 3 rings (SSSR count). The van der Waals surface area contributed by atoms with Crippen molar-refractivity contribution in [1.29, 1.82) is 0 Å². The van der Waals surface area contributed by atoms with Gasteiger partial charge in [0.25, 0.3) is 15.9 Å². The minimum absolute atomic E-state index is 0.0316. The number of amides is 2. The molecular formula is C29H34FN3O6S. The van der Waals surface area contributed by atoms with Crippen LogP contribution in [-0.4, -0.2) is 57.5 Å². The van der Waals surface area contributed by atoms with Crippen molar-refractivity contribution in [2.75, 3.05) is 31.1 Å². The summed E-state index contributed by atoms with van der Waals surface area (Å²) in [6, 6.07) is 19.0. The van der Waals surface area contributed by atoms with Crippen LogP contribution in [0, 0.1) is 5.82 Å². The number of hydrogen-bond acceptors (Lipinski definition) is 6. The predicted molar refractivity (Wildman–Crippen MR) is 150 cm³/mol. The Morgan fingerprint density at radius 3 is 2.30 bits per heavy atom. The van der Waals surface area contributed by atoms with Gasteiger partial charge in [-0.2, -0.15) is 0 Å². The maximum atomic E-state index is 13.2. The number of carbonyl (C=O) groups is 2. The van der Waals surface area contributed by atoms with Gasteiger partial charge in [0.15, 0.2) is 6.61 Å². The molecule has 11 heteroatoms. The highest BCUT2D eigenvalue weighted by molar-refractivity contribution is 7.92. The van der Waals surface area contributed by atoms with E-state index in [9.17, 15) is 22.4 Å². The van der Waals surface area contributed by atoms with E-state index in [2.05, 4.69) is 10.0 Å². The van der Waals surface area contributed by atoms with Crippen molar-refractivity contribution >= 4 is 27.5 Å². The van der Waals surface area contributed by atoms with Gasteiger partial charge in [-0.05, 0) is 74.4 Å². The zero-order chi connectivity index (χ0) is 29.0. The van der Waals surface area contributed by atoms with Crippen LogP contribution in [0.4, 0.5) is 10.1 Å². The van der Waals surface area contributed by atoms with Gasteiger partial charge in [-0.3, -0.25) is 14.3 Å². The fraction of sp³-hybridized carbons (Fsp3) is 0.310. The predicted octanol–water partition coefficient (Wildman–Crippen LogP) is 3.97. The molecule has 3 aromatic rings. The van der Waals surface area contributed by atoms with E-state index in [0.717, 1.165) is 17.7 Å². The van der Waals surface area contributed by atoms with E-state index in [-0.39, 0.29) is 35.4 Å². The number of nitrogens with zero attached hydrogens (tertiary/aromatic N) is 1. The summed E-state index contributed by atoms with van der Waals surface area (Å²) in [5.74, 6) is -0.893. The lowest BCUT2D eigenvalue weighted by molar-refractivity contribution is -0.142. The molecule has 0 bridgehead atoms. The molecule has 0 saturated carbocycles. The summed E-state index contributed by atoms with van der Waals surface area (Å²) in [6.45, 7) is 4.99. The van der Waals surface area contributed by atoms with Gasteiger partial charge in [0.2, 0.25) is 5.91 Å². The summed E-state index contributed by atoms with van der Waals surface area (Å²) in [7, 11) is -3.91. The minimum Gasteiger partial charge on any atom is -0.484 e. The van der Waals surface area contributed by atoms with E-state index in [1.54, 1.807) is 6.92 Å². The van der Waals surface area contributed by atoms with Crippen molar-refractivity contribution in [2.45, 2.75) is 37.8 Å². The third kappa shape index (κ3) is 9.35.